The minimum Gasteiger partial charge on any atom is -0.481 e. The van der Waals surface area contributed by atoms with Gasteiger partial charge in [0.1, 0.15) is 0 Å². The lowest BCUT2D eigenvalue weighted by molar-refractivity contribution is -0.137. The zero-order valence-electron chi connectivity index (χ0n) is 9.50. The van der Waals surface area contributed by atoms with Crippen LogP contribution in [0.25, 0.3) is 0 Å². The average Bonchev–Trinajstić information content (AvgIpc) is 2.14. The second-order valence-corrected chi connectivity index (χ2v) is 4.28. The number of carboxylic acids is 1. The van der Waals surface area contributed by atoms with Crippen LogP contribution in [-0.4, -0.2) is 30.2 Å². The standard InChI is InChI=1S/C11H20N2O3/c14-10(15)6-1-2-7-12-11(16)13-8-9-4-3-5-9/h9H,1-8H2,(H,14,15)(H2,12,13,16). The van der Waals surface area contributed by atoms with Crippen LogP contribution in [0, 0.1) is 5.92 Å². The Morgan fingerprint density at radius 2 is 1.94 bits per heavy atom. The number of urea groups is 1. The van der Waals surface area contributed by atoms with E-state index in [9.17, 15) is 9.59 Å². The number of rotatable bonds is 7. The second-order valence-electron chi connectivity index (χ2n) is 4.28. The lowest BCUT2D eigenvalue weighted by Crippen LogP contribution is -2.39. The van der Waals surface area contributed by atoms with Crippen LogP contribution in [0.5, 0.6) is 0 Å². The smallest absolute Gasteiger partial charge is 0.314 e. The van der Waals surface area contributed by atoms with Gasteiger partial charge >= 0.3 is 12.0 Å². The Balaban J connectivity index is 1.87. The first-order valence-corrected chi connectivity index (χ1v) is 5.92. The van der Waals surface area contributed by atoms with E-state index in [2.05, 4.69) is 10.6 Å². The van der Waals surface area contributed by atoms with Gasteiger partial charge in [0.05, 0.1) is 0 Å². The zero-order valence-corrected chi connectivity index (χ0v) is 9.50. The van der Waals surface area contributed by atoms with Gasteiger partial charge in [-0.2, -0.15) is 0 Å². The number of carbonyl (C=O) groups excluding carboxylic acids is 1. The van der Waals surface area contributed by atoms with Crippen LogP contribution in [0.3, 0.4) is 0 Å². The summed E-state index contributed by atoms with van der Waals surface area (Å²) >= 11 is 0. The quantitative estimate of drug-likeness (QED) is 0.575. The molecule has 1 aliphatic carbocycles. The van der Waals surface area contributed by atoms with Gasteiger partial charge in [-0.1, -0.05) is 6.42 Å². The SMILES string of the molecule is O=C(O)CCCCNC(=O)NCC1CCC1. The summed E-state index contributed by atoms with van der Waals surface area (Å²) in [6.07, 6.45) is 5.22. The van der Waals surface area contributed by atoms with Crippen molar-refractivity contribution in [1.82, 2.24) is 10.6 Å². The molecule has 92 valence electrons. The van der Waals surface area contributed by atoms with E-state index >= 15 is 0 Å². The van der Waals surface area contributed by atoms with Gasteiger partial charge in [-0.3, -0.25) is 4.79 Å². The maximum absolute atomic E-state index is 11.2. The minimum atomic E-state index is -0.783. The van der Waals surface area contributed by atoms with Crippen molar-refractivity contribution in [3.63, 3.8) is 0 Å². The van der Waals surface area contributed by atoms with Crippen molar-refractivity contribution in [2.24, 2.45) is 5.92 Å². The fraction of sp³-hybridized carbons (Fsp3) is 0.818. The van der Waals surface area contributed by atoms with Crippen LogP contribution < -0.4 is 10.6 Å². The Morgan fingerprint density at radius 3 is 2.50 bits per heavy atom. The first kappa shape index (κ1) is 12.8. The number of amides is 2. The number of hydrogen-bond acceptors (Lipinski definition) is 2. The van der Waals surface area contributed by atoms with E-state index in [-0.39, 0.29) is 12.5 Å². The van der Waals surface area contributed by atoms with Crippen LogP contribution in [0.4, 0.5) is 4.79 Å². The highest BCUT2D eigenvalue weighted by atomic mass is 16.4. The molecule has 0 aromatic heterocycles. The van der Waals surface area contributed by atoms with E-state index in [1.807, 2.05) is 0 Å². The third-order valence-corrected chi connectivity index (χ3v) is 2.88. The molecular formula is C11H20N2O3. The van der Waals surface area contributed by atoms with Crippen molar-refractivity contribution in [2.45, 2.75) is 38.5 Å². The van der Waals surface area contributed by atoms with E-state index in [1.54, 1.807) is 0 Å². The molecule has 0 unspecified atom stereocenters. The van der Waals surface area contributed by atoms with Crippen LogP contribution in [0.1, 0.15) is 38.5 Å². The molecule has 3 N–H and O–H groups in total. The molecule has 0 aliphatic heterocycles. The first-order chi connectivity index (χ1) is 7.68. The molecule has 0 bridgehead atoms. The van der Waals surface area contributed by atoms with E-state index in [4.69, 9.17) is 5.11 Å². The first-order valence-electron chi connectivity index (χ1n) is 5.92. The molecule has 0 atom stereocenters. The third kappa shape index (κ3) is 5.58. The van der Waals surface area contributed by atoms with E-state index in [0.717, 1.165) is 6.54 Å². The predicted molar refractivity (Wildman–Crippen MR) is 60.2 cm³/mol. The number of carbonyl (C=O) groups is 2. The summed E-state index contributed by atoms with van der Waals surface area (Å²) < 4.78 is 0. The molecule has 0 spiro atoms. The van der Waals surface area contributed by atoms with Crippen LogP contribution >= 0.6 is 0 Å². The maximum Gasteiger partial charge on any atom is 0.314 e. The molecule has 0 saturated heterocycles. The van der Waals surface area contributed by atoms with Gasteiger partial charge in [0.15, 0.2) is 0 Å². The number of carboxylic acid groups (broad SMARTS) is 1. The van der Waals surface area contributed by atoms with Gasteiger partial charge < -0.3 is 15.7 Å². The highest BCUT2D eigenvalue weighted by Gasteiger charge is 2.17. The van der Waals surface area contributed by atoms with Gasteiger partial charge in [0, 0.05) is 19.5 Å². The zero-order chi connectivity index (χ0) is 11.8. The molecule has 5 nitrogen and oxygen atoms in total. The third-order valence-electron chi connectivity index (χ3n) is 2.88. The highest BCUT2D eigenvalue weighted by molar-refractivity contribution is 5.73. The number of hydrogen-bond donors (Lipinski definition) is 3. The van der Waals surface area contributed by atoms with Gasteiger partial charge in [-0.15, -0.1) is 0 Å². The largest absolute Gasteiger partial charge is 0.481 e. The monoisotopic (exact) mass is 228 g/mol. The molecule has 0 heterocycles. The Labute approximate surface area is 95.6 Å². The summed E-state index contributed by atoms with van der Waals surface area (Å²) in [6, 6.07) is -0.137. The molecular weight excluding hydrogens is 208 g/mol. The van der Waals surface area contributed by atoms with Crippen molar-refractivity contribution >= 4 is 12.0 Å². The lowest BCUT2D eigenvalue weighted by atomic mass is 9.85. The van der Waals surface area contributed by atoms with Crippen molar-refractivity contribution in [2.75, 3.05) is 13.1 Å². The maximum atomic E-state index is 11.2. The average molecular weight is 228 g/mol. The number of unbranched alkanes of at least 4 members (excludes halogenated alkanes) is 1. The fourth-order valence-corrected chi connectivity index (χ4v) is 1.60. The predicted octanol–water partition coefficient (Wildman–Crippen LogP) is 1.34. The summed E-state index contributed by atoms with van der Waals surface area (Å²) in [4.78, 5) is 21.5. The number of nitrogens with one attached hydrogen (secondary N) is 2. The molecule has 1 aliphatic rings. The van der Waals surface area contributed by atoms with E-state index in [1.165, 1.54) is 19.3 Å². The van der Waals surface area contributed by atoms with Crippen LogP contribution in [0.15, 0.2) is 0 Å². The molecule has 2 amide bonds. The molecule has 0 radical (unpaired) electrons. The second kappa shape index (κ2) is 7.09. The fourth-order valence-electron chi connectivity index (χ4n) is 1.60. The van der Waals surface area contributed by atoms with E-state index in [0.29, 0.717) is 25.3 Å². The summed E-state index contributed by atoms with van der Waals surface area (Å²) in [6.45, 7) is 1.31. The van der Waals surface area contributed by atoms with Gasteiger partial charge in [-0.05, 0) is 31.6 Å². The van der Waals surface area contributed by atoms with Crippen molar-refractivity contribution < 1.29 is 14.7 Å². The summed E-state index contributed by atoms with van der Waals surface area (Å²) in [7, 11) is 0. The van der Waals surface area contributed by atoms with E-state index < -0.39 is 5.97 Å². The van der Waals surface area contributed by atoms with Gasteiger partial charge in [-0.25, -0.2) is 4.79 Å². The molecule has 1 rings (SSSR count). The normalized spacial score (nSPS) is 15.2. The van der Waals surface area contributed by atoms with Crippen molar-refractivity contribution in [3.05, 3.63) is 0 Å². The van der Waals surface area contributed by atoms with Gasteiger partial charge in [0.25, 0.3) is 0 Å². The lowest BCUT2D eigenvalue weighted by Gasteiger charge is -2.25. The molecule has 1 fully saturated rings. The van der Waals surface area contributed by atoms with Crippen LogP contribution in [-0.2, 0) is 4.79 Å². The Hall–Kier alpha value is -1.26. The Kier molecular flexibility index (Phi) is 5.67. The Morgan fingerprint density at radius 1 is 1.19 bits per heavy atom. The molecule has 16 heavy (non-hydrogen) atoms. The summed E-state index contributed by atoms with van der Waals surface area (Å²) in [5.41, 5.74) is 0. The Bertz CT molecular complexity index is 239. The summed E-state index contributed by atoms with van der Waals surface area (Å²) in [5.74, 6) is -0.118. The molecule has 0 aromatic rings. The van der Waals surface area contributed by atoms with Crippen LogP contribution in [0.2, 0.25) is 0 Å². The van der Waals surface area contributed by atoms with Crippen molar-refractivity contribution in [1.29, 1.82) is 0 Å². The van der Waals surface area contributed by atoms with Gasteiger partial charge in [0.2, 0.25) is 0 Å². The number of aliphatic carboxylic acids is 1. The molecule has 0 aromatic carbocycles. The summed E-state index contributed by atoms with van der Waals surface area (Å²) in [5, 5.41) is 13.9. The van der Waals surface area contributed by atoms with Crippen molar-refractivity contribution in [3.8, 4) is 0 Å². The molecule has 5 heteroatoms. The highest BCUT2D eigenvalue weighted by Crippen LogP contribution is 2.24. The minimum absolute atomic E-state index is 0.137. The topological polar surface area (TPSA) is 78.4 Å². The molecule has 1 saturated carbocycles.